The Morgan fingerprint density at radius 2 is 1.45 bits per heavy atom. The Balaban J connectivity index is 0.00000200. The summed E-state index contributed by atoms with van der Waals surface area (Å²) in [4.78, 5) is 0. The highest BCUT2D eigenvalue weighted by molar-refractivity contribution is 5.70. The second-order valence-corrected chi connectivity index (χ2v) is 4.24. The highest BCUT2D eigenvalue weighted by atomic mass is 79.9. The average Bonchev–Trinajstić information content (AvgIpc) is 2.46. The van der Waals surface area contributed by atoms with Crippen molar-refractivity contribution in [2.24, 2.45) is 7.05 Å². The fraction of sp³-hybridized carbons (Fsp3) is 0.188. The lowest BCUT2D eigenvalue weighted by Crippen LogP contribution is -3.00. The number of aryl methyl sites for hydroxylation is 1. The first-order valence-corrected chi connectivity index (χ1v) is 6.08. The van der Waals surface area contributed by atoms with Crippen molar-refractivity contribution in [3.63, 3.8) is 0 Å². The number of hydrogen-bond acceptors (Lipinski definition) is 2. The Hall–Kier alpha value is -1.81. The van der Waals surface area contributed by atoms with Crippen molar-refractivity contribution < 1.29 is 31.0 Å². The molecule has 0 radical (unpaired) electrons. The van der Waals surface area contributed by atoms with E-state index in [1.807, 2.05) is 42.2 Å². The van der Waals surface area contributed by atoms with E-state index in [9.17, 15) is 0 Å². The summed E-state index contributed by atoms with van der Waals surface area (Å²) in [6.07, 6.45) is 8.17. The summed E-state index contributed by atoms with van der Waals surface area (Å²) in [5.74, 6) is 1.48. The van der Waals surface area contributed by atoms with Gasteiger partial charge in [0, 0.05) is 12.1 Å². The van der Waals surface area contributed by atoms with Crippen molar-refractivity contribution in [1.82, 2.24) is 0 Å². The van der Waals surface area contributed by atoms with Gasteiger partial charge in [0.25, 0.3) is 0 Å². The molecule has 1 heterocycles. The van der Waals surface area contributed by atoms with E-state index in [2.05, 4.69) is 24.3 Å². The topological polar surface area (TPSA) is 22.3 Å². The van der Waals surface area contributed by atoms with Crippen LogP contribution in [0.3, 0.4) is 0 Å². The molecular weight excluding hydrogens is 318 g/mol. The van der Waals surface area contributed by atoms with Crippen LogP contribution in [0.25, 0.3) is 12.2 Å². The standard InChI is InChI=1S/C16H18NO2.BrH/c1-17-10-8-13(9-11-17)4-5-14-6-7-15(18-2)16(12-14)19-3;/h4-12H,1-3H3;1H/q+1;/p-1/b5-4+;. The molecule has 0 atom stereocenters. The fourth-order valence-corrected chi connectivity index (χ4v) is 1.77. The lowest BCUT2D eigenvalue weighted by molar-refractivity contribution is -0.671. The molecule has 1 aromatic heterocycles. The number of rotatable bonds is 4. The molecule has 2 aromatic rings. The number of hydrogen-bond donors (Lipinski definition) is 0. The van der Waals surface area contributed by atoms with Crippen molar-refractivity contribution in [1.29, 1.82) is 0 Å². The Morgan fingerprint density at radius 3 is 2.05 bits per heavy atom. The Labute approximate surface area is 130 Å². The molecule has 0 aliphatic heterocycles. The molecule has 0 spiro atoms. The summed E-state index contributed by atoms with van der Waals surface area (Å²) >= 11 is 0. The van der Waals surface area contributed by atoms with E-state index in [1.165, 1.54) is 0 Å². The maximum Gasteiger partial charge on any atom is 0.169 e. The molecule has 2 rings (SSSR count). The van der Waals surface area contributed by atoms with Gasteiger partial charge in [0.05, 0.1) is 14.2 Å². The van der Waals surface area contributed by atoms with Gasteiger partial charge in [-0.15, -0.1) is 0 Å². The number of methoxy groups -OCH3 is 2. The van der Waals surface area contributed by atoms with Gasteiger partial charge in [-0.1, -0.05) is 18.2 Å². The molecule has 0 saturated carbocycles. The van der Waals surface area contributed by atoms with E-state index in [4.69, 9.17) is 9.47 Å². The first-order valence-electron chi connectivity index (χ1n) is 6.08. The summed E-state index contributed by atoms with van der Waals surface area (Å²) in [6, 6.07) is 10.00. The van der Waals surface area contributed by atoms with Gasteiger partial charge in [0.2, 0.25) is 0 Å². The quantitative estimate of drug-likeness (QED) is 0.716. The molecular formula is C16H18BrNO2. The fourth-order valence-electron chi connectivity index (χ4n) is 1.77. The van der Waals surface area contributed by atoms with Gasteiger partial charge in [-0.05, 0) is 23.3 Å². The third kappa shape index (κ3) is 4.10. The molecule has 4 heteroatoms. The molecule has 0 aliphatic rings. The van der Waals surface area contributed by atoms with Gasteiger partial charge in [0.15, 0.2) is 23.9 Å². The Kier molecular flexibility index (Phi) is 6.25. The van der Waals surface area contributed by atoms with Crippen LogP contribution >= 0.6 is 0 Å². The van der Waals surface area contributed by atoms with Crippen LogP contribution in [0.5, 0.6) is 11.5 Å². The highest BCUT2D eigenvalue weighted by Gasteiger charge is 2.02. The molecule has 0 bridgehead atoms. The molecule has 1 aromatic carbocycles. The number of pyridine rings is 1. The Morgan fingerprint density at radius 1 is 0.850 bits per heavy atom. The molecule has 0 aliphatic carbocycles. The summed E-state index contributed by atoms with van der Waals surface area (Å²) < 4.78 is 12.5. The van der Waals surface area contributed by atoms with E-state index in [0.717, 1.165) is 22.6 Å². The molecule has 0 amide bonds. The lowest BCUT2D eigenvalue weighted by atomic mass is 10.1. The molecule has 20 heavy (non-hydrogen) atoms. The van der Waals surface area contributed by atoms with Crippen LogP contribution in [0.4, 0.5) is 0 Å². The van der Waals surface area contributed by atoms with Crippen molar-refractivity contribution in [2.75, 3.05) is 14.2 Å². The number of ether oxygens (including phenoxy) is 2. The third-order valence-corrected chi connectivity index (χ3v) is 2.88. The maximum atomic E-state index is 5.28. The minimum Gasteiger partial charge on any atom is -1.00 e. The van der Waals surface area contributed by atoms with Crippen molar-refractivity contribution in [3.8, 4) is 11.5 Å². The second kappa shape index (κ2) is 7.70. The zero-order valence-electron chi connectivity index (χ0n) is 11.8. The van der Waals surface area contributed by atoms with Crippen LogP contribution in [0, 0.1) is 0 Å². The molecule has 0 fully saturated rings. The molecule has 3 nitrogen and oxygen atoms in total. The van der Waals surface area contributed by atoms with Crippen LogP contribution in [-0.4, -0.2) is 14.2 Å². The van der Waals surface area contributed by atoms with Crippen molar-refractivity contribution in [3.05, 3.63) is 53.9 Å². The maximum absolute atomic E-state index is 5.28. The lowest BCUT2D eigenvalue weighted by Gasteiger charge is -2.07. The predicted molar refractivity (Wildman–Crippen MR) is 76.1 cm³/mol. The first kappa shape index (κ1) is 16.2. The van der Waals surface area contributed by atoms with E-state index in [-0.39, 0.29) is 17.0 Å². The molecule has 0 N–H and O–H groups in total. The van der Waals surface area contributed by atoms with Gasteiger partial charge in [-0.25, -0.2) is 4.57 Å². The van der Waals surface area contributed by atoms with Gasteiger partial charge in [-0.3, -0.25) is 0 Å². The van der Waals surface area contributed by atoms with Gasteiger partial charge in [0.1, 0.15) is 7.05 Å². The van der Waals surface area contributed by atoms with Crippen molar-refractivity contribution >= 4 is 12.2 Å². The number of benzene rings is 1. The third-order valence-electron chi connectivity index (χ3n) is 2.88. The highest BCUT2D eigenvalue weighted by Crippen LogP contribution is 2.28. The van der Waals surface area contributed by atoms with Crippen LogP contribution in [0.2, 0.25) is 0 Å². The van der Waals surface area contributed by atoms with Crippen LogP contribution < -0.4 is 31.0 Å². The summed E-state index contributed by atoms with van der Waals surface area (Å²) in [5, 5.41) is 0. The van der Waals surface area contributed by atoms with Crippen LogP contribution in [0.1, 0.15) is 11.1 Å². The van der Waals surface area contributed by atoms with Gasteiger partial charge in [-0.2, -0.15) is 0 Å². The average molecular weight is 336 g/mol. The summed E-state index contributed by atoms with van der Waals surface area (Å²) in [6.45, 7) is 0. The molecule has 0 unspecified atom stereocenters. The smallest absolute Gasteiger partial charge is 0.169 e. The van der Waals surface area contributed by atoms with Gasteiger partial charge < -0.3 is 26.5 Å². The minimum atomic E-state index is 0. The predicted octanol–water partition coefficient (Wildman–Crippen LogP) is -0.297. The van der Waals surface area contributed by atoms with E-state index in [0.29, 0.717) is 0 Å². The normalized spacial score (nSPS) is 10.2. The summed E-state index contributed by atoms with van der Waals surface area (Å²) in [5.41, 5.74) is 2.23. The van der Waals surface area contributed by atoms with E-state index in [1.54, 1.807) is 14.2 Å². The molecule has 106 valence electrons. The van der Waals surface area contributed by atoms with Crippen molar-refractivity contribution in [2.45, 2.75) is 0 Å². The SMILES string of the molecule is COc1ccc(/C=C/c2cc[n+](C)cc2)cc1OC.[Br-]. The number of halogens is 1. The Bertz CT molecular complexity index is 580. The van der Waals surface area contributed by atoms with E-state index < -0.39 is 0 Å². The second-order valence-electron chi connectivity index (χ2n) is 4.24. The first-order chi connectivity index (χ1) is 9.22. The zero-order chi connectivity index (χ0) is 13.7. The van der Waals surface area contributed by atoms with Crippen LogP contribution in [-0.2, 0) is 7.05 Å². The zero-order valence-corrected chi connectivity index (χ0v) is 13.4. The van der Waals surface area contributed by atoms with Gasteiger partial charge >= 0.3 is 0 Å². The summed E-state index contributed by atoms with van der Waals surface area (Å²) in [7, 11) is 5.28. The number of nitrogens with zero attached hydrogens (tertiary/aromatic N) is 1. The minimum absolute atomic E-state index is 0. The molecule has 0 saturated heterocycles. The number of aromatic nitrogens is 1. The van der Waals surface area contributed by atoms with Crippen LogP contribution in [0.15, 0.2) is 42.7 Å². The largest absolute Gasteiger partial charge is 1.00 e. The van der Waals surface area contributed by atoms with E-state index >= 15 is 0 Å². The monoisotopic (exact) mass is 335 g/mol.